The number of aliphatic imine (C=N–C) groups is 1. The SMILES string of the molecule is O=S(=O)(O)c1cccc(N=Cc2ccccc2O)c1. The predicted octanol–water partition coefficient (Wildman–Crippen LogP) is 2.39. The van der Waals surface area contributed by atoms with Crippen molar-refractivity contribution in [3.8, 4) is 5.75 Å². The lowest BCUT2D eigenvalue weighted by atomic mass is 10.2. The quantitative estimate of drug-likeness (QED) is 0.666. The molecule has 0 aliphatic rings. The number of rotatable bonds is 3. The zero-order valence-corrected chi connectivity index (χ0v) is 10.6. The molecule has 0 aromatic heterocycles. The molecular weight excluding hydrogens is 266 g/mol. The predicted molar refractivity (Wildman–Crippen MR) is 71.6 cm³/mol. The molecule has 0 atom stereocenters. The average molecular weight is 277 g/mol. The van der Waals surface area contributed by atoms with E-state index in [0.29, 0.717) is 11.3 Å². The monoisotopic (exact) mass is 277 g/mol. The molecule has 0 fully saturated rings. The van der Waals surface area contributed by atoms with E-state index in [-0.39, 0.29) is 10.6 Å². The summed E-state index contributed by atoms with van der Waals surface area (Å²) in [6.07, 6.45) is 1.42. The van der Waals surface area contributed by atoms with Crippen LogP contribution in [0, 0.1) is 0 Å². The highest BCUT2D eigenvalue weighted by Crippen LogP contribution is 2.19. The second kappa shape index (κ2) is 5.21. The lowest BCUT2D eigenvalue weighted by Crippen LogP contribution is -1.96. The maximum atomic E-state index is 11.0. The smallest absolute Gasteiger partial charge is 0.294 e. The summed E-state index contributed by atoms with van der Waals surface area (Å²) in [4.78, 5) is 3.83. The molecule has 0 unspecified atom stereocenters. The van der Waals surface area contributed by atoms with Crippen LogP contribution in [-0.2, 0) is 10.1 Å². The lowest BCUT2D eigenvalue weighted by molar-refractivity contribution is 0.474. The standard InChI is InChI=1S/C13H11NO4S/c15-13-7-2-1-4-10(13)9-14-11-5-3-6-12(8-11)19(16,17)18/h1-9,15H,(H,16,17,18). The van der Waals surface area contributed by atoms with Crippen LogP contribution in [0.15, 0.2) is 58.4 Å². The normalized spacial score (nSPS) is 11.8. The van der Waals surface area contributed by atoms with Gasteiger partial charge in [0, 0.05) is 11.8 Å². The molecule has 2 aromatic carbocycles. The van der Waals surface area contributed by atoms with Crippen molar-refractivity contribution >= 4 is 22.0 Å². The molecule has 0 radical (unpaired) electrons. The molecule has 0 spiro atoms. The van der Waals surface area contributed by atoms with Crippen LogP contribution in [0.3, 0.4) is 0 Å². The first-order valence-corrected chi connectivity index (χ1v) is 6.80. The second-order valence-corrected chi connectivity index (χ2v) is 5.21. The molecule has 0 saturated carbocycles. The van der Waals surface area contributed by atoms with Gasteiger partial charge < -0.3 is 5.11 Å². The number of nitrogens with zero attached hydrogens (tertiary/aromatic N) is 1. The number of hydrogen-bond donors (Lipinski definition) is 2. The van der Waals surface area contributed by atoms with Gasteiger partial charge in [0.1, 0.15) is 5.75 Å². The van der Waals surface area contributed by atoms with Crippen LogP contribution in [0.1, 0.15) is 5.56 Å². The van der Waals surface area contributed by atoms with Gasteiger partial charge in [-0.3, -0.25) is 9.55 Å². The van der Waals surface area contributed by atoms with Crippen LogP contribution in [0.25, 0.3) is 0 Å². The first kappa shape index (κ1) is 13.3. The fourth-order valence-electron chi connectivity index (χ4n) is 1.47. The Bertz CT molecular complexity index is 723. The fraction of sp³-hybridized carbons (Fsp3) is 0. The molecule has 5 nitrogen and oxygen atoms in total. The number of phenols is 1. The van der Waals surface area contributed by atoms with Gasteiger partial charge in [-0.05, 0) is 30.3 Å². The third-order valence-electron chi connectivity index (χ3n) is 2.40. The highest BCUT2D eigenvalue weighted by molar-refractivity contribution is 7.85. The van der Waals surface area contributed by atoms with E-state index in [1.165, 1.54) is 30.5 Å². The largest absolute Gasteiger partial charge is 0.507 e. The second-order valence-electron chi connectivity index (χ2n) is 3.79. The Morgan fingerprint density at radius 2 is 1.79 bits per heavy atom. The Hall–Kier alpha value is -2.18. The highest BCUT2D eigenvalue weighted by atomic mass is 32.2. The van der Waals surface area contributed by atoms with Crippen molar-refractivity contribution in [3.63, 3.8) is 0 Å². The Labute approximate surface area is 110 Å². The summed E-state index contributed by atoms with van der Waals surface area (Å²) in [6.45, 7) is 0. The molecule has 98 valence electrons. The first-order valence-electron chi connectivity index (χ1n) is 5.36. The topological polar surface area (TPSA) is 87.0 Å². The fourth-order valence-corrected chi connectivity index (χ4v) is 1.99. The van der Waals surface area contributed by atoms with E-state index < -0.39 is 10.1 Å². The Morgan fingerprint density at radius 3 is 2.47 bits per heavy atom. The van der Waals surface area contributed by atoms with Gasteiger partial charge >= 0.3 is 0 Å². The highest BCUT2D eigenvalue weighted by Gasteiger charge is 2.08. The van der Waals surface area contributed by atoms with Crippen molar-refractivity contribution in [1.29, 1.82) is 0 Å². The first-order chi connectivity index (χ1) is 8.97. The minimum Gasteiger partial charge on any atom is -0.507 e. The van der Waals surface area contributed by atoms with Crippen LogP contribution in [0.2, 0.25) is 0 Å². The average Bonchev–Trinajstić information content (AvgIpc) is 2.37. The van der Waals surface area contributed by atoms with Crippen LogP contribution < -0.4 is 0 Å². The van der Waals surface area contributed by atoms with Gasteiger partial charge in [-0.1, -0.05) is 18.2 Å². The Kier molecular flexibility index (Phi) is 3.64. The van der Waals surface area contributed by atoms with Gasteiger partial charge in [0.15, 0.2) is 0 Å². The van der Waals surface area contributed by atoms with Crippen LogP contribution >= 0.6 is 0 Å². The van der Waals surface area contributed by atoms with Gasteiger partial charge in [-0.2, -0.15) is 8.42 Å². The summed E-state index contributed by atoms with van der Waals surface area (Å²) in [5.41, 5.74) is 0.873. The zero-order chi connectivity index (χ0) is 13.9. The third-order valence-corrected chi connectivity index (χ3v) is 3.25. The van der Waals surface area contributed by atoms with Crippen molar-refractivity contribution in [3.05, 3.63) is 54.1 Å². The van der Waals surface area contributed by atoms with E-state index in [1.807, 2.05) is 0 Å². The molecule has 2 rings (SSSR count). The van der Waals surface area contributed by atoms with Gasteiger partial charge in [-0.15, -0.1) is 0 Å². The summed E-state index contributed by atoms with van der Waals surface area (Å²) < 4.78 is 30.9. The van der Waals surface area contributed by atoms with E-state index in [4.69, 9.17) is 4.55 Å². The summed E-state index contributed by atoms with van der Waals surface area (Å²) in [7, 11) is -4.24. The van der Waals surface area contributed by atoms with Crippen molar-refractivity contribution in [1.82, 2.24) is 0 Å². The molecule has 0 aliphatic carbocycles. The van der Waals surface area contributed by atoms with E-state index in [9.17, 15) is 13.5 Å². The van der Waals surface area contributed by atoms with Gasteiger partial charge in [0.2, 0.25) is 0 Å². The van der Waals surface area contributed by atoms with Crippen molar-refractivity contribution in [2.75, 3.05) is 0 Å². The van der Waals surface area contributed by atoms with Crippen LogP contribution in [-0.4, -0.2) is 24.3 Å². The molecule has 19 heavy (non-hydrogen) atoms. The molecule has 2 aromatic rings. The third kappa shape index (κ3) is 3.40. The molecule has 0 bridgehead atoms. The molecule has 0 amide bonds. The van der Waals surface area contributed by atoms with Crippen molar-refractivity contribution < 1.29 is 18.1 Å². The molecule has 2 N–H and O–H groups in total. The maximum Gasteiger partial charge on any atom is 0.294 e. The number of phenolic OH excluding ortho intramolecular Hbond substituents is 1. The summed E-state index contributed by atoms with van der Waals surface area (Å²) in [6, 6.07) is 12.2. The summed E-state index contributed by atoms with van der Waals surface area (Å²) in [5, 5.41) is 9.55. The van der Waals surface area contributed by atoms with E-state index >= 15 is 0 Å². The molecule has 0 saturated heterocycles. The molecule has 0 heterocycles. The van der Waals surface area contributed by atoms with Gasteiger partial charge in [-0.25, -0.2) is 0 Å². The van der Waals surface area contributed by atoms with E-state index in [0.717, 1.165) is 0 Å². The van der Waals surface area contributed by atoms with Crippen molar-refractivity contribution in [2.45, 2.75) is 4.90 Å². The van der Waals surface area contributed by atoms with Crippen LogP contribution in [0.5, 0.6) is 5.75 Å². The van der Waals surface area contributed by atoms with Crippen LogP contribution in [0.4, 0.5) is 5.69 Å². The van der Waals surface area contributed by atoms with E-state index in [1.54, 1.807) is 24.3 Å². The Balaban J connectivity index is 2.32. The van der Waals surface area contributed by atoms with Gasteiger partial charge in [0.05, 0.1) is 10.6 Å². The zero-order valence-electron chi connectivity index (χ0n) is 9.76. The van der Waals surface area contributed by atoms with Gasteiger partial charge in [0.25, 0.3) is 10.1 Å². The summed E-state index contributed by atoms with van der Waals surface area (Å²) in [5.74, 6) is 0.0807. The minimum atomic E-state index is -4.24. The number of hydrogen-bond acceptors (Lipinski definition) is 4. The number of benzene rings is 2. The maximum absolute atomic E-state index is 11.0. The lowest BCUT2D eigenvalue weighted by Gasteiger charge is -1.99. The molecule has 0 aliphatic heterocycles. The van der Waals surface area contributed by atoms with E-state index in [2.05, 4.69) is 4.99 Å². The summed E-state index contributed by atoms with van der Waals surface area (Å²) >= 11 is 0. The van der Waals surface area contributed by atoms with Crippen molar-refractivity contribution in [2.24, 2.45) is 4.99 Å². The molecule has 6 heteroatoms. The number of aromatic hydroxyl groups is 1. The number of para-hydroxylation sites is 1. The molecular formula is C13H11NO4S. The Morgan fingerprint density at radius 1 is 1.05 bits per heavy atom. The minimum absolute atomic E-state index is 0.0807.